The fourth-order valence-corrected chi connectivity index (χ4v) is 3.61. The number of carbonyl (C=O) groups is 1. The topological polar surface area (TPSA) is 77.0 Å². The molecule has 0 spiro atoms. The van der Waals surface area contributed by atoms with Gasteiger partial charge in [0.05, 0.1) is 6.54 Å². The molecule has 1 fully saturated rings. The maximum Gasteiger partial charge on any atom is 0.222 e. The van der Waals surface area contributed by atoms with E-state index in [9.17, 15) is 9.90 Å². The largest absolute Gasteiger partial charge is 0.396 e. The molecule has 6 heteroatoms. The number of rotatable bonds is 11. The summed E-state index contributed by atoms with van der Waals surface area (Å²) in [5.41, 5.74) is 2.30. The Balaban J connectivity index is 1.93. The third kappa shape index (κ3) is 7.50. The molecule has 156 valence electrons. The van der Waals surface area contributed by atoms with Crippen molar-refractivity contribution in [2.75, 3.05) is 26.2 Å². The van der Waals surface area contributed by atoms with Crippen LogP contribution in [-0.4, -0.2) is 48.1 Å². The number of hydrogen-bond donors (Lipinski definition) is 3. The fraction of sp³-hybridized carbons (Fsp3) is 0.636. The molecule has 0 radical (unpaired) electrons. The molecule has 0 aliphatic carbocycles. The SMILES string of the molecule is CCCC(CCO)CNC(=NCc1cccc(CN2CCCC2=O)c1)NCC. The minimum atomic E-state index is 0.229. The summed E-state index contributed by atoms with van der Waals surface area (Å²) in [4.78, 5) is 18.5. The van der Waals surface area contributed by atoms with Gasteiger partial charge in [-0.1, -0.05) is 37.6 Å². The van der Waals surface area contributed by atoms with Gasteiger partial charge in [-0.15, -0.1) is 0 Å². The second kappa shape index (κ2) is 12.4. The molecule has 6 nitrogen and oxygen atoms in total. The first-order chi connectivity index (χ1) is 13.7. The number of benzene rings is 1. The lowest BCUT2D eigenvalue weighted by Gasteiger charge is -2.18. The molecule has 1 atom stereocenters. The summed E-state index contributed by atoms with van der Waals surface area (Å²) in [6, 6.07) is 8.34. The average molecular weight is 389 g/mol. The van der Waals surface area contributed by atoms with Crippen molar-refractivity contribution in [2.24, 2.45) is 10.9 Å². The number of nitrogens with one attached hydrogen (secondary N) is 2. The van der Waals surface area contributed by atoms with Crippen LogP contribution in [0.25, 0.3) is 0 Å². The second-order valence-electron chi connectivity index (χ2n) is 7.48. The highest BCUT2D eigenvalue weighted by Gasteiger charge is 2.19. The fourth-order valence-electron chi connectivity index (χ4n) is 3.61. The highest BCUT2D eigenvalue weighted by Crippen LogP contribution is 2.15. The van der Waals surface area contributed by atoms with E-state index >= 15 is 0 Å². The molecule has 1 heterocycles. The lowest BCUT2D eigenvalue weighted by molar-refractivity contribution is -0.128. The van der Waals surface area contributed by atoms with Gasteiger partial charge >= 0.3 is 0 Å². The van der Waals surface area contributed by atoms with E-state index in [2.05, 4.69) is 42.7 Å². The first-order valence-electron chi connectivity index (χ1n) is 10.6. The van der Waals surface area contributed by atoms with Crippen LogP contribution in [0.3, 0.4) is 0 Å². The van der Waals surface area contributed by atoms with E-state index in [0.717, 1.165) is 62.4 Å². The van der Waals surface area contributed by atoms with Crippen molar-refractivity contribution < 1.29 is 9.90 Å². The van der Waals surface area contributed by atoms with Crippen molar-refractivity contribution in [3.05, 3.63) is 35.4 Å². The second-order valence-corrected chi connectivity index (χ2v) is 7.48. The Morgan fingerprint density at radius 1 is 1.25 bits per heavy atom. The molecule has 1 amide bonds. The van der Waals surface area contributed by atoms with Gasteiger partial charge in [-0.3, -0.25) is 4.79 Å². The third-order valence-corrected chi connectivity index (χ3v) is 5.09. The van der Waals surface area contributed by atoms with Gasteiger partial charge in [0.1, 0.15) is 0 Å². The van der Waals surface area contributed by atoms with E-state index in [1.807, 2.05) is 11.0 Å². The Morgan fingerprint density at radius 3 is 2.75 bits per heavy atom. The molecule has 1 aromatic rings. The number of carbonyl (C=O) groups excluding carboxylic acids is 1. The van der Waals surface area contributed by atoms with Crippen molar-refractivity contribution in [2.45, 2.75) is 59.0 Å². The number of likely N-dealkylation sites (tertiary alicyclic amines) is 1. The van der Waals surface area contributed by atoms with Gasteiger partial charge in [-0.05, 0) is 43.2 Å². The Bertz CT molecular complexity index is 627. The molecule has 0 aromatic heterocycles. The summed E-state index contributed by atoms with van der Waals surface area (Å²) in [5, 5.41) is 15.9. The number of aliphatic imine (C=N–C) groups is 1. The molecule has 1 unspecified atom stereocenters. The van der Waals surface area contributed by atoms with Gasteiger partial charge in [0, 0.05) is 39.2 Å². The minimum absolute atomic E-state index is 0.229. The minimum Gasteiger partial charge on any atom is -0.396 e. The summed E-state index contributed by atoms with van der Waals surface area (Å²) >= 11 is 0. The zero-order valence-electron chi connectivity index (χ0n) is 17.4. The van der Waals surface area contributed by atoms with E-state index in [0.29, 0.717) is 25.4 Å². The molecule has 2 rings (SSSR count). The number of aliphatic hydroxyl groups excluding tert-OH is 1. The quantitative estimate of drug-likeness (QED) is 0.402. The van der Waals surface area contributed by atoms with Gasteiger partial charge in [-0.25, -0.2) is 4.99 Å². The van der Waals surface area contributed by atoms with E-state index in [1.165, 1.54) is 0 Å². The van der Waals surface area contributed by atoms with Crippen LogP contribution < -0.4 is 10.6 Å². The molecular formula is C22H36N4O2. The van der Waals surface area contributed by atoms with Crippen LogP contribution in [0.4, 0.5) is 0 Å². The van der Waals surface area contributed by atoms with Crippen LogP contribution in [0.1, 0.15) is 57.1 Å². The smallest absolute Gasteiger partial charge is 0.222 e. The monoisotopic (exact) mass is 388 g/mol. The third-order valence-electron chi connectivity index (χ3n) is 5.09. The molecule has 1 aliphatic heterocycles. The van der Waals surface area contributed by atoms with Crippen LogP contribution in [0.5, 0.6) is 0 Å². The predicted octanol–water partition coefficient (Wildman–Crippen LogP) is 2.66. The van der Waals surface area contributed by atoms with E-state index < -0.39 is 0 Å². The molecule has 3 N–H and O–H groups in total. The summed E-state index contributed by atoms with van der Waals surface area (Å²) in [7, 11) is 0. The zero-order chi connectivity index (χ0) is 20.2. The van der Waals surface area contributed by atoms with Gasteiger partial charge in [0.25, 0.3) is 0 Å². The maximum atomic E-state index is 11.8. The number of aliphatic hydroxyl groups is 1. The number of hydrogen-bond acceptors (Lipinski definition) is 3. The van der Waals surface area contributed by atoms with E-state index in [1.54, 1.807) is 0 Å². The standard InChI is InChI=1S/C22H36N4O2/c1-3-7-18(11-13-27)15-24-22(23-4-2)25-16-19-8-5-9-20(14-19)17-26-12-6-10-21(26)28/h5,8-9,14,18,27H,3-4,6-7,10-13,15-17H2,1-2H3,(H2,23,24,25). The highest BCUT2D eigenvalue weighted by molar-refractivity contribution is 5.79. The van der Waals surface area contributed by atoms with Crippen molar-refractivity contribution >= 4 is 11.9 Å². The van der Waals surface area contributed by atoms with Crippen LogP contribution in [0.15, 0.2) is 29.3 Å². The van der Waals surface area contributed by atoms with Crippen LogP contribution in [0.2, 0.25) is 0 Å². The number of guanidine groups is 1. The normalized spacial score (nSPS) is 15.8. The number of nitrogens with zero attached hydrogens (tertiary/aromatic N) is 2. The van der Waals surface area contributed by atoms with Crippen molar-refractivity contribution in [3.8, 4) is 0 Å². The molecule has 1 aromatic carbocycles. The lowest BCUT2D eigenvalue weighted by atomic mass is 10.0. The molecular weight excluding hydrogens is 352 g/mol. The van der Waals surface area contributed by atoms with Crippen molar-refractivity contribution in [1.29, 1.82) is 0 Å². The first-order valence-corrected chi connectivity index (χ1v) is 10.6. The zero-order valence-corrected chi connectivity index (χ0v) is 17.4. The Morgan fingerprint density at radius 2 is 2.07 bits per heavy atom. The molecule has 1 aliphatic rings. The van der Waals surface area contributed by atoms with E-state index in [-0.39, 0.29) is 12.5 Å². The summed E-state index contributed by atoms with van der Waals surface area (Å²) in [5.74, 6) is 1.52. The molecule has 0 saturated carbocycles. The summed E-state index contributed by atoms with van der Waals surface area (Å²) < 4.78 is 0. The summed E-state index contributed by atoms with van der Waals surface area (Å²) in [6.07, 6.45) is 4.68. The van der Waals surface area contributed by atoms with Gasteiger partial charge in [-0.2, -0.15) is 0 Å². The lowest BCUT2D eigenvalue weighted by Crippen LogP contribution is -2.40. The van der Waals surface area contributed by atoms with Crippen molar-refractivity contribution in [1.82, 2.24) is 15.5 Å². The van der Waals surface area contributed by atoms with Gasteiger partial charge < -0.3 is 20.6 Å². The van der Waals surface area contributed by atoms with Gasteiger partial charge in [0.15, 0.2) is 5.96 Å². The molecule has 1 saturated heterocycles. The molecule has 0 bridgehead atoms. The van der Waals surface area contributed by atoms with Crippen LogP contribution in [0, 0.1) is 5.92 Å². The van der Waals surface area contributed by atoms with Crippen molar-refractivity contribution in [3.63, 3.8) is 0 Å². The Kier molecular flexibility index (Phi) is 9.83. The first kappa shape index (κ1) is 22.2. The Hall–Kier alpha value is -2.08. The average Bonchev–Trinajstić information content (AvgIpc) is 3.09. The Labute approximate surface area is 169 Å². The van der Waals surface area contributed by atoms with Gasteiger partial charge in [0.2, 0.25) is 5.91 Å². The maximum absolute atomic E-state index is 11.8. The number of amides is 1. The predicted molar refractivity (Wildman–Crippen MR) is 114 cm³/mol. The summed E-state index contributed by atoms with van der Waals surface area (Å²) in [6.45, 7) is 8.23. The van der Waals surface area contributed by atoms with Crippen LogP contribution in [-0.2, 0) is 17.9 Å². The highest BCUT2D eigenvalue weighted by atomic mass is 16.3. The molecule has 28 heavy (non-hydrogen) atoms. The van der Waals surface area contributed by atoms with E-state index in [4.69, 9.17) is 4.99 Å². The van der Waals surface area contributed by atoms with Crippen LogP contribution >= 0.6 is 0 Å².